The monoisotopic (exact) mass is 377 g/mol. The third-order valence-corrected chi connectivity index (χ3v) is 6.87. The van der Waals surface area contributed by atoms with Crippen LogP contribution in [0.15, 0.2) is 48.5 Å². The maximum absolute atomic E-state index is 13.1. The molecule has 1 aromatic heterocycles. The predicted octanol–water partition coefficient (Wildman–Crippen LogP) is 4.41. The number of para-hydroxylation sites is 2. The van der Waals surface area contributed by atoms with Crippen molar-refractivity contribution in [2.75, 3.05) is 24.5 Å². The Morgan fingerprint density at radius 2 is 1.93 bits per heavy atom. The summed E-state index contributed by atoms with van der Waals surface area (Å²) in [5.74, 6) is 0.216. The van der Waals surface area contributed by atoms with E-state index >= 15 is 0 Å². The predicted molar refractivity (Wildman–Crippen MR) is 110 cm³/mol. The Balaban J connectivity index is 1.37. The highest BCUT2D eigenvalue weighted by atomic mass is 32.1. The van der Waals surface area contributed by atoms with Gasteiger partial charge in [0.1, 0.15) is 5.01 Å². The normalized spacial score (nSPS) is 20.1. The van der Waals surface area contributed by atoms with E-state index in [-0.39, 0.29) is 11.9 Å². The average Bonchev–Trinajstić information content (AvgIpc) is 3.32. The molecule has 4 nitrogen and oxygen atoms in total. The molecule has 2 aliphatic heterocycles. The van der Waals surface area contributed by atoms with Crippen LogP contribution in [0.2, 0.25) is 0 Å². The lowest BCUT2D eigenvalue weighted by Crippen LogP contribution is -2.43. The summed E-state index contributed by atoms with van der Waals surface area (Å²) in [6.45, 7) is 2.26. The quantitative estimate of drug-likeness (QED) is 0.678. The Morgan fingerprint density at radius 1 is 1.07 bits per heavy atom. The van der Waals surface area contributed by atoms with Crippen LogP contribution in [0.25, 0.3) is 10.2 Å². The van der Waals surface area contributed by atoms with Gasteiger partial charge >= 0.3 is 0 Å². The number of anilines is 1. The molecule has 1 fully saturated rings. The molecule has 1 atom stereocenters. The molecular weight excluding hydrogens is 354 g/mol. The van der Waals surface area contributed by atoms with Gasteiger partial charge in [-0.15, -0.1) is 11.3 Å². The maximum Gasteiger partial charge on any atom is 0.241 e. The average molecular weight is 378 g/mol. The molecule has 3 heterocycles. The first kappa shape index (κ1) is 16.9. The first-order valence-corrected chi connectivity index (χ1v) is 10.6. The van der Waals surface area contributed by atoms with E-state index in [1.165, 1.54) is 16.7 Å². The SMILES string of the molecule is O=C(CN1CCCC[C@H]1c1nc2ccccc2s1)N1CCc2ccccc21. The Bertz CT molecular complexity index is 949. The largest absolute Gasteiger partial charge is 0.311 e. The minimum absolute atomic E-state index is 0.216. The van der Waals surface area contributed by atoms with Crippen molar-refractivity contribution in [2.45, 2.75) is 31.7 Å². The number of thiazole rings is 1. The van der Waals surface area contributed by atoms with Crippen molar-refractivity contribution in [3.63, 3.8) is 0 Å². The van der Waals surface area contributed by atoms with E-state index in [0.717, 1.165) is 48.6 Å². The number of likely N-dealkylation sites (tertiary alicyclic amines) is 1. The van der Waals surface area contributed by atoms with Crippen LogP contribution >= 0.6 is 11.3 Å². The highest BCUT2D eigenvalue weighted by Gasteiger charge is 2.31. The van der Waals surface area contributed by atoms with Gasteiger partial charge in [-0.05, 0) is 49.6 Å². The summed E-state index contributed by atoms with van der Waals surface area (Å²) >= 11 is 1.78. The number of hydrogen-bond acceptors (Lipinski definition) is 4. The molecule has 2 aromatic carbocycles. The maximum atomic E-state index is 13.1. The first-order chi connectivity index (χ1) is 13.3. The summed E-state index contributed by atoms with van der Waals surface area (Å²) in [5.41, 5.74) is 3.45. The van der Waals surface area contributed by atoms with Crippen LogP contribution in [0.4, 0.5) is 5.69 Å². The summed E-state index contributed by atoms with van der Waals surface area (Å²) < 4.78 is 1.23. The van der Waals surface area contributed by atoms with Crippen LogP contribution in [0.5, 0.6) is 0 Å². The fourth-order valence-electron chi connectivity index (χ4n) is 4.35. The number of hydrogen-bond donors (Lipinski definition) is 0. The summed E-state index contributed by atoms with van der Waals surface area (Å²) in [7, 11) is 0. The topological polar surface area (TPSA) is 36.4 Å². The number of amides is 1. The molecule has 2 aliphatic rings. The van der Waals surface area contributed by atoms with Crippen molar-refractivity contribution in [2.24, 2.45) is 0 Å². The molecule has 1 saturated heterocycles. The number of nitrogens with zero attached hydrogens (tertiary/aromatic N) is 3. The van der Waals surface area contributed by atoms with E-state index in [9.17, 15) is 4.79 Å². The first-order valence-electron chi connectivity index (χ1n) is 9.77. The van der Waals surface area contributed by atoms with E-state index in [4.69, 9.17) is 4.98 Å². The van der Waals surface area contributed by atoms with E-state index in [1.807, 2.05) is 17.0 Å². The molecule has 138 valence electrons. The zero-order chi connectivity index (χ0) is 18.2. The fourth-order valence-corrected chi connectivity index (χ4v) is 5.49. The molecule has 0 bridgehead atoms. The number of benzene rings is 2. The van der Waals surface area contributed by atoms with Gasteiger partial charge in [-0.1, -0.05) is 36.8 Å². The van der Waals surface area contributed by atoms with Gasteiger partial charge < -0.3 is 4.90 Å². The molecule has 5 rings (SSSR count). The molecule has 1 amide bonds. The number of rotatable bonds is 3. The van der Waals surface area contributed by atoms with E-state index in [1.54, 1.807) is 11.3 Å². The molecular formula is C22H23N3OS. The molecule has 0 aliphatic carbocycles. The molecule has 0 spiro atoms. The second kappa shape index (κ2) is 7.06. The van der Waals surface area contributed by atoms with Gasteiger partial charge in [0.25, 0.3) is 0 Å². The van der Waals surface area contributed by atoms with Crippen LogP contribution in [-0.4, -0.2) is 35.4 Å². The number of fused-ring (bicyclic) bond motifs is 2. The molecule has 5 heteroatoms. The number of aromatic nitrogens is 1. The van der Waals surface area contributed by atoms with Gasteiger partial charge in [-0.25, -0.2) is 4.98 Å². The molecule has 0 radical (unpaired) electrons. The Kier molecular flexibility index (Phi) is 4.42. The van der Waals surface area contributed by atoms with Crippen LogP contribution in [0, 0.1) is 0 Å². The number of carbonyl (C=O) groups excluding carboxylic acids is 1. The second-order valence-corrected chi connectivity index (χ2v) is 8.49. The third-order valence-electron chi connectivity index (χ3n) is 5.74. The Labute approximate surface area is 163 Å². The van der Waals surface area contributed by atoms with E-state index < -0.39 is 0 Å². The van der Waals surface area contributed by atoms with Crippen LogP contribution in [0.3, 0.4) is 0 Å². The highest BCUT2D eigenvalue weighted by molar-refractivity contribution is 7.18. The Hall–Kier alpha value is -2.24. The molecule has 3 aromatic rings. The lowest BCUT2D eigenvalue weighted by atomic mass is 10.0. The van der Waals surface area contributed by atoms with Crippen molar-refractivity contribution < 1.29 is 4.79 Å². The fraction of sp³-hybridized carbons (Fsp3) is 0.364. The van der Waals surface area contributed by atoms with Crippen molar-refractivity contribution in [1.82, 2.24) is 9.88 Å². The molecule has 27 heavy (non-hydrogen) atoms. The molecule has 0 unspecified atom stereocenters. The summed E-state index contributed by atoms with van der Waals surface area (Å²) in [6, 6.07) is 16.9. The minimum Gasteiger partial charge on any atom is -0.311 e. The zero-order valence-electron chi connectivity index (χ0n) is 15.3. The lowest BCUT2D eigenvalue weighted by Gasteiger charge is -2.35. The van der Waals surface area contributed by atoms with Crippen molar-refractivity contribution >= 4 is 33.1 Å². The molecule has 0 N–H and O–H groups in total. The molecule has 0 saturated carbocycles. The zero-order valence-corrected chi connectivity index (χ0v) is 16.1. The van der Waals surface area contributed by atoms with Gasteiger partial charge in [0.2, 0.25) is 5.91 Å². The van der Waals surface area contributed by atoms with Crippen LogP contribution in [-0.2, 0) is 11.2 Å². The third kappa shape index (κ3) is 3.15. The van der Waals surface area contributed by atoms with Crippen LogP contribution < -0.4 is 4.90 Å². The van der Waals surface area contributed by atoms with Gasteiger partial charge in [0, 0.05) is 12.2 Å². The van der Waals surface area contributed by atoms with Crippen molar-refractivity contribution in [3.05, 3.63) is 59.1 Å². The second-order valence-electron chi connectivity index (χ2n) is 7.43. The van der Waals surface area contributed by atoms with Gasteiger partial charge in [-0.3, -0.25) is 9.69 Å². The van der Waals surface area contributed by atoms with Gasteiger partial charge in [0.05, 0.1) is 22.8 Å². The summed E-state index contributed by atoms with van der Waals surface area (Å²) in [4.78, 5) is 22.3. The number of carbonyl (C=O) groups is 1. The summed E-state index contributed by atoms with van der Waals surface area (Å²) in [6.07, 6.45) is 4.41. The lowest BCUT2D eigenvalue weighted by molar-refractivity contribution is -0.120. The van der Waals surface area contributed by atoms with E-state index in [2.05, 4.69) is 41.3 Å². The summed E-state index contributed by atoms with van der Waals surface area (Å²) in [5, 5.41) is 1.16. The minimum atomic E-state index is 0.216. The number of piperidine rings is 1. The van der Waals surface area contributed by atoms with Crippen LogP contribution in [0.1, 0.15) is 35.9 Å². The van der Waals surface area contributed by atoms with Gasteiger partial charge in [-0.2, -0.15) is 0 Å². The van der Waals surface area contributed by atoms with Crippen molar-refractivity contribution in [1.29, 1.82) is 0 Å². The standard InChI is InChI=1S/C22H23N3OS/c26-21(25-14-12-16-7-1-3-9-18(16)25)15-24-13-6-5-10-19(24)22-23-17-8-2-4-11-20(17)27-22/h1-4,7-9,11,19H,5-6,10,12-15H2/t19-/m0/s1. The highest BCUT2D eigenvalue weighted by Crippen LogP contribution is 2.36. The van der Waals surface area contributed by atoms with Crippen molar-refractivity contribution in [3.8, 4) is 0 Å². The smallest absolute Gasteiger partial charge is 0.241 e. The Morgan fingerprint density at radius 3 is 2.85 bits per heavy atom. The van der Waals surface area contributed by atoms with Gasteiger partial charge in [0.15, 0.2) is 0 Å². The van der Waals surface area contributed by atoms with E-state index in [0.29, 0.717) is 6.54 Å².